The molecule has 2 atom stereocenters. The first-order valence-corrected chi connectivity index (χ1v) is 13.4. The van der Waals surface area contributed by atoms with Crippen molar-refractivity contribution in [3.8, 4) is 0 Å². The molecule has 0 bridgehead atoms. The van der Waals surface area contributed by atoms with Crippen molar-refractivity contribution in [3.05, 3.63) is 32.6 Å². The number of aromatic nitrogens is 2. The topological polar surface area (TPSA) is 93.6 Å². The molecule has 0 unspecified atom stereocenters. The van der Waals surface area contributed by atoms with Crippen LogP contribution in [0.1, 0.15) is 66.1 Å². The predicted molar refractivity (Wildman–Crippen MR) is 119 cm³/mol. The monoisotopic (exact) mass is 439 g/mol. The number of rotatable bonds is 4. The molecule has 1 saturated heterocycles. The molecular weight excluding hydrogens is 402 g/mol. The molecule has 1 fully saturated rings. The molecule has 0 saturated carbocycles. The third-order valence-corrected chi connectivity index (χ3v) is 10.5. The highest BCUT2D eigenvalue weighted by molar-refractivity contribution is 6.74. The van der Waals surface area contributed by atoms with E-state index >= 15 is 0 Å². The highest BCUT2D eigenvalue weighted by atomic mass is 28.4. The molecule has 1 aromatic heterocycles. The quantitative estimate of drug-likeness (QED) is 0.721. The lowest BCUT2D eigenvalue weighted by Gasteiger charge is -2.39. The second-order valence-electron chi connectivity index (χ2n) is 10.6. The summed E-state index contributed by atoms with van der Waals surface area (Å²) in [5.41, 5.74) is -1.20. The Hall–Kier alpha value is -1.87. The number of carbonyl (C=O) groups is 1. The van der Waals surface area contributed by atoms with Gasteiger partial charge in [-0.1, -0.05) is 20.8 Å². The molecule has 1 N–H and O–H groups in total. The van der Waals surface area contributed by atoms with Crippen LogP contribution >= 0.6 is 0 Å². The first-order chi connectivity index (χ1) is 13.5. The van der Waals surface area contributed by atoms with E-state index in [0.29, 0.717) is 25.0 Å². The standard InChI is InChI=1S/C21H37N3O5Si/c1-14-12-23(18(26)22-17(14)25)16-11-10-15(13-28-30(8,9)21(5,6)7)24(16)19(27)29-20(2,3)4/h12,15-16H,10-11,13H2,1-9H3,(H,22,25,26)/t15-,16+/m0/s1. The van der Waals surface area contributed by atoms with E-state index in [4.69, 9.17) is 9.16 Å². The smallest absolute Gasteiger partial charge is 0.412 e. The van der Waals surface area contributed by atoms with E-state index < -0.39 is 37.4 Å². The minimum atomic E-state index is -2.01. The Balaban J connectivity index is 2.37. The number of carbonyl (C=O) groups excluding carboxylic acids is 1. The zero-order valence-electron chi connectivity index (χ0n) is 19.8. The van der Waals surface area contributed by atoms with Gasteiger partial charge < -0.3 is 9.16 Å². The van der Waals surface area contributed by atoms with Crippen LogP contribution in [0.15, 0.2) is 15.8 Å². The van der Waals surface area contributed by atoms with Gasteiger partial charge in [0.15, 0.2) is 8.32 Å². The molecule has 8 nitrogen and oxygen atoms in total. The van der Waals surface area contributed by atoms with Crippen LogP contribution in [-0.4, -0.2) is 47.1 Å². The molecule has 1 aromatic rings. The number of amides is 1. The Morgan fingerprint density at radius 3 is 2.30 bits per heavy atom. The van der Waals surface area contributed by atoms with Gasteiger partial charge in [0.2, 0.25) is 0 Å². The fraction of sp³-hybridized carbons (Fsp3) is 0.762. The number of hydrogen-bond acceptors (Lipinski definition) is 5. The van der Waals surface area contributed by atoms with Crippen molar-refractivity contribution < 1.29 is 14.0 Å². The van der Waals surface area contributed by atoms with E-state index in [2.05, 4.69) is 38.8 Å². The lowest BCUT2D eigenvalue weighted by Crippen LogP contribution is -2.49. The molecule has 0 aromatic carbocycles. The molecule has 2 heterocycles. The number of H-pyrrole nitrogens is 1. The highest BCUT2D eigenvalue weighted by Crippen LogP contribution is 2.38. The van der Waals surface area contributed by atoms with Crippen LogP contribution in [0, 0.1) is 6.92 Å². The van der Waals surface area contributed by atoms with E-state index in [9.17, 15) is 14.4 Å². The largest absolute Gasteiger partial charge is 0.444 e. The van der Waals surface area contributed by atoms with Crippen molar-refractivity contribution in [1.29, 1.82) is 0 Å². The number of aromatic amines is 1. The SMILES string of the molecule is Cc1cn([C@H]2CC[C@@H](CO[Si](C)(C)C(C)(C)C)N2C(=O)OC(C)(C)C)c(=O)[nH]c1=O. The van der Waals surface area contributed by atoms with Crippen molar-refractivity contribution in [2.24, 2.45) is 0 Å². The van der Waals surface area contributed by atoms with Gasteiger partial charge in [-0.05, 0) is 58.7 Å². The summed E-state index contributed by atoms with van der Waals surface area (Å²) in [6.07, 6.45) is 1.76. The molecule has 1 aliphatic rings. The maximum Gasteiger partial charge on any atom is 0.412 e. The summed E-state index contributed by atoms with van der Waals surface area (Å²) in [6.45, 7) is 18.3. The predicted octanol–water partition coefficient (Wildman–Crippen LogP) is 3.76. The molecule has 9 heteroatoms. The van der Waals surface area contributed by atoms with Gasteiger partial charge in [0.05, 0.1) is 12.6 Å². The zero-order valence-corrected chi connectivity index (χ0v) is 20.8. The zero-order chi connectivity index (χ0) is 23.1. The van der Waals surface area contributed by atoms with E-state index in [1.54, 1.807) is 11.8 Å². The van der Waals surface area contributed by atoms with Gasteiger partial charge in [0, 0.05) is 11.8 Å². The molecule has 0 spiro atoms. The van der Waals surface area contributed by atoms with Crippen molar-refractivity contribution in [1.82, 2.24) is 14.5 Å². The van der Waals surface area contributed by atoms with Crippen LogP contribution in [0.5, 0.6) is 0 Å². The Labute approximate surface area is 179 Å². The average Bonchev–Trinajstić information content (AvgIpc) is 2.97. The Kier molecular flexibility index (Phi) is 6.78. The summed E-state index contributed by atoms with van der Waals surface area (Å²) in [6, 6.07) is -0.210. The second kappa shape index (κ2) is 8.34. The Morgan fingerprint density at radius 2 is 1.77 bits per heavy atom. The van der Waals surface area contributed by atoms with Crippen LogP contribution in [0.2, 0.25) is 18.1 Å². The third kappa shape index (κ3) is 5.43. The van der Waals surface area contributed by atoms with Gasteiger partial charge in [-0.25, -0.2) is 9.59 Å². The van der Waals surface area contributed by atoms with E-state index in [-0.39, 0.29) is 11.1 Å². The minimum absolute atomic E-state index is 0.0503. The summed E-state index contributed by atoms with van der Waals surface area (Å²) >= 11 is 0. The van der Waals surface area contributed by atoms with Crippen LogP contribution in [-0.2, 0) is 9.16 Å². The summed E-state index contributed by atoms with van der Waals surface area (Å²) in [5.74, 6) is 0. The van der Waals surface area contributed by atoms with Crippen LogP contribution in [0.4, 0.5) is 4.79 Å². The maximum absolute atomic E-state index is 13.1. The van der Waals surface area contributed by atoms with Gasteiger partial charge >= 0.3 is 11.8 Å². The number of nitrogens with zero attached hydrogens (tertiary/aromatic N) is 2. The second-order valence-corrected chi connectivity index (χ2v) is 15.5. The van der Waals surface area contributed by atoms with Gasteiger partial charge in [0.1, 0.15) is 11.8 Å². The summed E-state index contributed by atoms with van der Waals surface area (Å²) in [5, 5.41) is 0.0503. The normalized spacial score (nSPS) is 20.5. The average molecular weight is 440 g/mol. The van der Waals surface area contributed by atoms with Crippen molar-refractivity contribution in [3.63, 3.8) is 0 Å². The van der Waals surface area contributed by atoms with E-state index in [1.807, 2.05) is 20.8 Å². The van der Waals surface area contributed by atoms with Crippen LogP contribution in [0.25, 0.3) is 0 Å². The van der Waals surface area contributed by atoms with Gasteiger partial charge in [-0.2, -0.15) is 0 Å². The van der Waals surface area contributed by atoms with Crippen molar-refractivity contribution in [2.45, 2.75) is 97.2 Å². The van der Waals surface area contributed by atoms with Gasteiger partial charge in [-0.15, -0.1) is 0 Å². The fourth-order valence-electron chi connectivity index (χ4n) is 3.21. The van der Waals surface area contributed by atoms with Crippen molar-refractivity contribution in [2.75, 3.05) is 6.61 Å². The lowest BCUT2D eigenvalue weighted by atomic mass is 10.2. The molecular formula is C21H37N3O5Si. The van der Waals surface area contributed by atoms with Crippen LogP contribution < -0.4 is 11.2 Å². The molecule has 30 heavy (non-hydrogen) atoms. The molecule has 0 aliphatic carbocycles. The molecule has 2 rings (SSSR count). The lowest BCUT2D eigenvalue weighted by molar-refractivity contribution is 0.00126. The first kappa shape index (κ1) is 24.4. The number of hydrogen-bond donors (Lipinski definition) is 1. The van der Waals surface area contributed by atoms with E-state index in [0.717, 1.165) is 0 Å². The molecule has 1 amide bonds. The van der Waals surface area contributed by atoms with Crippen molar-refractivity contribution >= 4 is 14.4 Å². The van der Waals surface area contributed by atoms with Gasteiger partial charge in [-0.3, -0.25) is 19.2 Å². The number of aryl methyl sites for hydroxylation is 1. The molecule has 0 radical (unpaired) electrons. The molecule has 170 valence electrons. The fourth-order valence-corrected chi connectivity index (χ4v) is 4.26. The highest BCUT2D eigenvalue weighted by Gasteiger charge is 2.43. The van der Waals surface area contributed by atoms with E-state index in [1.165, 1.54) is 10.8 Å². The summed E-state index contributed by atoms with van der Waals surface area (Å²) in [4.78, 5) is 41.3. The van der Waals surface area contributed by atoms with Gasteiger partial charge in [0.25, 0.3) is 5.56 Å². The molecule has 1 aliphatic heterocycles. The number of nitrogens with one attached hydrogen (secondary N) is 1. The Morgan fingerprint density at radius 1 is 1.17 bits per heavy atom. The minimum Gasteiger partial charge on any atom is -0.444 e. The summed E-state index contributed by atoms with van der Waals surface area (Å²) < 4.78 is 13.5. The number of ether oxygens (including phenoxy) is 1. The third-order valence-electron chi connectivity index (χ3n) is 5.99. The maximum atomic E-state index is 13.1. The first-order valence-electron chi connectivity index (χ1n) is 10.5. The Bertz CT molecular complexity index is 892. The summed E-state index contributed by atoms with van der Waals surface area (Å²) in [7, 11) is -2.01. The number of likely N-dealkylation sites (tertiary alicyclic amines) is 1. The van der Waals surface area contributed by atoms with Crippen LogP contribution in [0.3, 0.4) is 0 Å².